The van der Waals surface area contributed by atoms with E-state index in [9.17, 15) is 0 Å². The molecule has 0 aromatic heterocycles. The van der Waals surface area contributed by atoms with Gasteiger partial charge in [-0.3, -0.25) is 0 Å². The van der Waals surface area contributed by atoms with Crippen molar-refractivity contribution in [2.45, 2.75) is 18.9 Å². The summed E-state index contributed by atoms with van der Waals surface area (Å²) < 4.78 is 5.60. The van der Waals surface area contributed by atoms with Gasteiger partial charge in [-0.05, 0) is 24.2 Å². The molecule has 2 rings (SSSR count). The van der Waals surface area contributed by atoms with Crippen molar-refractivity contribution in [1.29, 1.82) is 0 Å². The van der Waals surface area contributed by atoms with Gasteiger partial charge >= 0.3 is 0 Å². The highest BCUT2D eigenvalue weighted by atomic mass is 32.2. The molecule has 0 amide bonds. The summed E-state index contributed by atoms with van der Waals surface area (Å²) >= 11 is 2.03. The minimum Gasteiger partial charge on any atom is -0.373 e. The lowest BCUT2D eigenvalue weighted by atomic mass is 10.1. The summed E-state index contributed by atoms with van der Waals surface area (Å²) in [4.78, 5) is 0. The average Bonchev–Trinajstić information content (AvgIpc) is 2.05. The first-order chi connectivity index (χ1) is 4.97. The number of thioether (sulfide) groups is 1. The van der Waals surface area contributed by atoms with Gasteiger partial charge < -0.3 is 4.74 Å². The first kappa shape index (κ1) is 6.74. The summed E-state index contributed by atoms with van der Waals surface area (Å²) in [5.74, 6) is 2.49. The fourth-order valence-electron chi connectivity index (χ4n) is 1.49. The highest BCUT2D eigenvalue weighted by Gasteiger charge is 2.21. The molecular formula is C8H12OS. The van der Waals surface area contributed by atoms with E-state index in [2.05, 4.69) is 6.08 Å². The van der Waals surface area contributed by atoms with Crippen LogP contribution >= 0.6 is 11.8 Å². The van der Waals surface area contributed by atoms with E-state index in [1.54, 1.807) is 5.57 Å². The third-order valence-corrected chi connectivity index (χ3v) is 3.11. The molecule has 2 aliphatic heterocycles. The van der Waals surface area contributed by atoms with Crippen LogP contribution in [-0.2, 0) is 4.74 Å². The van der Waals surface area contributed by atoms with Crippen LogP contribution in [0.3, 0.4) is 0 Å². The Labute approximate surface area is 65.8 Å². The van der Waals surface area contributed by atoms with Crippen molar-refractivity contribution in [2.75, 3.05) is 18.1 Å². The van der Waals surface area contributed by atoms with E-state index >= 15 is 0 Å². The van der Waals surface area contributed by atoms with Gasteiger partial charge in [-0.25, -0.2) is 0 Å². The summed E-state index contributed by atoms with van der Waals surface area (Å²) in [5, 5.41) is 0. The van der Waals surface area contributed by atoms with Crippen LogP contribution in [0.25, 0.3) is 0 Å². The van der Waals surface area contributed by atoms with Crippen LogP contribution in [-0.4, -0.2) is 24.2 Å². The number of ether oxygens (including phenoxy) is 1. The maximum Gasteiger partial charge on any atom is 0.0801 e. The zero-order valence-corrected chi connectivity index (χ0v) is 6.82. The molecule has 0 spiro atoms. The van der Waals surface area contributed by atoms with Crippen LogP contribution in [0.4, 0.5) is 0 Å². The first-order valence-corrected chi connectivity index (χ1v) is 5.00. The predicted molar refractivity (Wildman–Crippen MR) is 44.4 cm³/mol. The fourth-order valence-corrected chi connectivity index (χ4v) is 2.56. The van der Waals surface area contributed by atoms with E-state index in [0.717, 1.165) is 13.0 Å². The van der Waals surface area contributed by atoms with Crippen LogP contribution < -0.4 is 0 Å². The van der Waals surface area contributed by atoms with Crippen LogP contribution in [0.2, 0.25) is 0 Å². The predicted octanol–water partition coefficient (Wildman–Crippen LogP) is 1.84. The molecule has 1 unspecified atom stereocenters. The Morgan fingerprint density at radius 3 is 3.50 bits per heavy atom. The summed E-state index contributed by atoms with van der Waals surface area (Å²) in [6.45, 7) is 0.943. The standard InChI is InChI=1S/C8H12OS/c1-2-7-6-10-5-3-8(7)9-4-1/h2,8H,1,3-6H2. The first-order valence-electron chi connectivity index (χ1n) is 3.85. The van der Waals surface area contributed by atoms with Gasteiger partial charge in [0.15, 0.2) is 0 Å². The van der Waals surface area contributed by atoms with Crippen LogP contribution in [0.15, 0.2) is 11.6 Å². The molecule has 2 aliphatic rings. The summed E-state index contributed by atoms with van der Waals surface area (Å²) in [5.41, 5.74) is 1.54. The van der Waals surface area contributed by atoms with Gasteiger partial charge in [-0.1, -0.05) is 6.08 Å². The Kier molecular flexibility index (Phi) is 2.00. The zero-order chi connectivity index (χ0) is 6.81. The lowest BCUT2D eigenvalue weighted by Gasteiger charge is -2.28. The zero-order valence-electron chi connectivity index (χ0n) is 6.01. The minimum atomic E-state index is 0.495. The Morgan fingerprint density at radius 2 is 2.60 bits per heavy atom. The summed E-state index contributed by atoms with van der Waals surface area (Å²) in [7, 11) is 0. The normalized spacial score (nSPS) is 32.8. The van der Waals surface area contributed by atoms with Gasteiger partial charge in [-0.2, -0.15) is 11.8 Å². The molecule has 0 aromatic rings. The Balaban J connectivity index is 2.08. The molecule has 0 N–H and O–H groups in total. The van der Waals surface area contributed by atoms with Crippen molar-refractivity contribution < 1.29 is 4.74 Å². The van der Waals surface area contributed by atoms with Gasteiger partial charge in [0.25, 0.3) is 0 Å². The summed E-state index contributed by atoms with van der Waals surface area (Å²) in [6, 6.07) is 0. The largest absolute Gasteiger partial charge is 0.373 e. The molecule has 0 saturated carbocycles. The average molecular weight is 156 g/mol. The van der Waals surface area contributed by atoms with Crippen molar-refractivity contribution >= 4 is 11.8 Å². The third kappa shape index (κ3) is 1.23. The molecule has 56 valence electrons. The molecule has 0 aliphatic carbocycles. The number of hydrogen-bond donors (Lipinski definition) is 0. The van der Waals surface area contributed by atoms with Crippen molar-refractivity contribution in [1.82, 2.24) is 0 Å². The summed E-state index contributed by atoms with van der Waals surface area (Å²) in [6.07, 6.45) is 5.22. The van der Waals surface area contributed by atoms with Crippen LogP contribution in [0.5, 0.6) is 0 Å². The second kappa shape index (κ2) is 2.97. The second-order valence-electron chi connectivity index (χ2n) is 2.77. The molecule has 2 heterocycles. The smallest absolute Gasteiger partial charge is 0.0801 e. The van der Waals surface area contributed by atoms with E-state index in [1.165, 1.54) is 17.9 Å². The van der Waals surface area contributed by atoms with Crippen LogP contribution in [0.1, 0.15) is 12.8 Å². The maximum absolute atomic E-state index is 5.60. The molecule has 10 heavy (non-hydrogen) atoms. The third-order valence-electron chi connectivity index (χ3n) is 2.05. The molecule has 1 atom stereocenters. The topological polar surface area (TPSA) is 9.23 Å². The van der Waals surface area contributed by atoms with E-state index < -0.39 is 0 Å². The van der Waals surface area contributed by atoms with E-state index in [-0.39, 0.29) is 0 Å². The highest BCUT2D eigenvalue weighted by Crippen LogP contribution is 2.27. The molecule has 0 radical (unpaired) electrons. The minimum absolute atomic E-state index is 0.495. The Bertz CT molecular complexity index is 153. The van der Waals surface area contributed by atoms with Crippen molar-refractivity contribution in [3.8, 4) is 0 Å². The van der Waals surface area contributed by atoms with Gasteiger partial charge in [0.2, 0.25) is 0 Å². The van der Waals surface area contributed by atoms with Gasteiger partial charge in [-0.15, -0.1) is 0 Å². The SMILES string of the molecule is C1=C2CSCCC2OCC1. The number of hydrogen-bond acceptors (Lipinski definition) is 2. The molecular weight excluding hydrogens is 144 g/mol. The quantitative estimate of drug-likeness (QED) is 0.495. The van der Waals surface area contributed by atoms with Crippen LogP contribution in [0, 0.1) is 0 Å². The van der Waals surface area contributed by atoms with Gasteiger partial charge in [0, 0.05) is 5.75 Å². The monoisotopic (exact) mass is 156 g/mol. The van der Waals surface area contributed by atoms with Crippen molar-refractivity contribution in [3.05, 3.63) is 11.6 Å². The van der Waals surface area contributed by atoms with E-state index in [4.69, 9.17) is 4.74 Å². The fraction of sp³-hybridized carbons (Fsp3) is 0.750. The number of rotatable bonds is 0. The molecule has 1 saturated heterocycles. The lowest BCUT2D eigenvalue weighted by Crippen LogP contribution is -2.25. The molecule has 0 aromatic carbocycles. The Hall–Kier alpha value is 0.0500. The molecule has 2 heteroatoms. The number of fused-ring (bicyclic) bond motifs is 1. The van der Waals surface area contributed by atoms with Gasteiger partial charge in [0.05, 0.1) is 12.7 Å². The van der Waals surface area contributed by atoms with Crippen molar-refractivity contribution in [2.24, 2.45) is 0 Å². The Morgan fingerprint density at radius 1 is 1.60 bits per heavy atom. The van der Waals surface area contributed by atoms with Gasteiger partial charge in [0.1, 0.15) is 0 Å². The highest BCUT2D eigenvalue weighted by molar-refractivity contribution is 7.99. The molecule has 1 fully saturated rings. The second-order valence-corrected chi connectivity index (χ2v) is 3.87. The van der Waals surface area contributed by atoms with E-state index in [1.807, 2.05) is 11.8 Å². The molecule has 1 nitrogen and oxygen atoms in total. The lowest BCUT2D eigenvalue weighted by molar-refractivity contribution is 0.0684. The van der Waals surface area contributed by atoms with Crippen molar-refractivity contribution in [3.63, 3.8) is 0 Å². The maximum atomic E-state index is 5.60. The molecule has 0 bridgehead atoms. The van der Waals surface area contributed by atoms with E-state index in [0.29, 0.717) is 6.10 Å².